The predicted molar refractivity (Wildman–Crippen MR) is 135 cm³/mol. The molecule has 0 radical (unpaired) electrons. The van der Waals surface area contributed by atoms with Gasteiger partial charge < -0.3 is 25.8 Å². The van der Waals surface area contributed by atoms with E-state index in [1.807, 2.05) is 0 Å². The van der Waals surface area contributed by atoms with Crippen molar-refractivity contribution in [2.75, 3.05) is 13.1 Å². The number of nitrogens with zero attached hydrogens (tertiary/aromatic N) is 1. The maximum absolute atomic E-state index is 12.1. The van der Waals surface area contributed by atoms with Crippen LogP contribution < -0.4 is 21.7 Å². The number of amides is 3. The van der Waals surface area contributed by atoms with Gasteiger partial charge in [0.25, 0.3) is 0 Å². The lowest BCUT2D eigenvalue weighted by Crippen LogP contribution is -2.45. The van der Waals surface area contributed by atoms with Crippen molar-refractivity contribution < 1.29 is 23.9 Å². The van der Waals surface area contributed by atoms with Gasteiger partial charge in [-0.25, -0.2) is 9.59 Å². The maximum atomic E-state index is 12.1. The zero-order valence-corrected chi connectivity index (χ0v) is 22.2. The summed E-state index contributed by atoms with van der Waals surface area (Å²) in [6, 6.07) is -0.632. The summed E-state index contributed by atoms with van der Waals surface area (Å²) in [6.07, 6.45) is 6.29. The Hall–Kier alpha value is -2.36. The molecule has 0 aliphatic rings. The Labute approximate surface area is 205 Å². The summed E-state index contributed by atoms with van der Waals surface area (Å²) >= 11 is 0. The molecule has 0 aromatic heterocycles. The number of nitrogens with two attached hydrogens (primary N) is 1. The Kier molecular flexibility index (Phi) is 15.2. The number of guanidine groups is 1. The van der Waals surface area contributed by atoms with Crippen LogP contribution >= 0.6 is 0 Å². The zero-order chi connectivity index (χ0) is 26.2. The van der Waals surface area contributed by atoms with Crippen LogP contribution in [0.1, 0.15) is 99.8 Å². The van der Waals surface area contributed by atoms with Crippen molar-refractivity contribution in [3.63, 3.8) is 0 Å². The predicted octanol–water partition coefficient (Wildman–Crippen LogP) is 3.98. The van der Waals surface area contributed by atoms with Crippen molar-refractivity contribution >= 4 is 24.1 Å². The smallest absolute Gasteiger partial charge is 0.437 e. The monoisotopic (exact) mass is 485 g/mol. The van der Waals surface area contributed by atoms with Gasteiger partial charge in [0.2, 0.25) is 11.9 Å². The average molecular weight is 486 g/mol. The molecule has 0 saturated heterocycles. The Morgan fingerprint density at radius 1 is 0.824 bits per heavy atom. The van der Waals surface area contributed by atoms with Crippen LogP contribution in [0.4, 0.5) is 9.59 Å². The molecule has 34 heavy (non-hydrogen) atoms. The zero-order valence-electron chi connectivity index (χ0n) is 22.2. The summed E-state index contributed by atoms with van der Waals surface area (Å²) < 4.78 is 10.4. The normalized spacial score (nSPS) is 13.1. The van der Waals surface area contributed by atoms with Gasteiger partial charge in [-0.2, -0.15) is 0 Å². The molecule has 1 atom stereocenters. The number of ether oxygens (including phenoxy) is 2. The van der Waals surface area contributed by atoms with Crippen LogP contribution in [-0.2, 0) is 14.3 Å². The van der Waals surface area contributed by atoms with E-state index in [-0.39, 0.29) is 11.9 Å². The number of hydrogen-bond acceptors (Lipinski definition) is 6. The van der Waals surface area contributed by atoms with Crippen molar-refractivity contribution in [2.45, 2.75) is 117 Å². The molecule has 198 valence electrons. The number of carbonyl (C=O) groups excluding carboxylic acids is 3. The molecule has 1 unspecified atom stereocenters. The third-order valence-electron chi connectivity index (χ3n) is 4.37. The van der Waals surface area contributed by atoms with Gasteiger partial charge in [-0.1, -0.05) is 39.0 Å². The number of carbonyl (C=O) groups is 3. The van der Waals surface area contributed by atoms with Gasteiger partial charge in [-0.05, 0) is 60.8 Å². The highest BCUT2D eigenvalue weighted by molar-refractivity contribution is 5.98. The molecule has 5 N–H and O–H groups in total. The fraction of sp³-hybridized carbons (Fsp3) is 0.833. The van der Waals surface area contributed by atoms with Crippen molar-refractivity contribution in [3.8, 4) is 0 Å². The van der Waals surface area contributed by atoms with E-state index < -0.39 is 29.4 Å². The molecule has 3 amide bonds. The summed E-state index contributed by atoms with van der Waals surface area (Å²) in [5.41, 5.74) is 4.54. The molecule has 0 aliphatic heterocycles. The highest BCUT2D eigenvalue weighted by atomic mass is 16.6. The number of aliphatic imine (C=N–C) groups is 1. The summed E-state index contributed by atoms with van der Waals surface area (Å²) in [5, 5.41) is 8.17. The Morgan fingerprint density at radius 3 is 1.97 bits per heavy atom. The van der Waals surface area contributed by atoms with Gasteiger partial charge in [0.15, 0.2) is 0 Å². The molecule has 0 aromatic rings. The lowest BCUT2D eigenvalue weighted by atomic mass is 10.1. The molecule has 0 aliphatic carbocycles. The quantitative estimate of drug-likeness (QED) is 0.186. The second-order valence-corrected chi connectivity index (χ2v) is 10.3. The minimum absolute atomic E-state index is 0.0930. The number of hydrogen-bond donors (Lipinski definition) is 4. The average Bonchev–Trinajstić information content (AvgIpc) is 2.67. The third-order valence-corrected chi connectivity index (χ3v) is 4.37. The molecule has 10 heteroatoms. The molecule has 0 saturated carbocycles. The van der Waals surface area contributed by atoms with E-state index in [0.29, 0.717) is 25.9 Å². The number of alkyl carbamates (subject to hydrolysis) is 1. The van der Waals surface area contributed by atoms with E-state index in [9.17, 15) is 14.4 Å². The lowest BCUT2D eigenvalue weighted by Gasteiger charge is -2.21. The molecule has 0 aromatic carbocycles. The molecular weight excluding hydrogens is 438 g/mol. The molecule has 0 fully saturated rings. The van der Waals surface area contributed by atoms with Crippen molar-refractivity contribution in [2.24, 2.45) is 10.7 Å². The van der Waals surface area contributed by atoms with Crippen LogP contribution in [0.25, 0.3) is 0 Å². The first-order valence-electron chi connectivity index (χ1n) is 12.3. The standard InChI is InChI=1S/C24H47N5O5/c1-8-9-10-11-12-13-16-26-19(30)18(25)15-14-17-27-20(28-21(31)33-23(2,3)4)29-22(32)34-24(5,6)7/h18H,8-17,25H2,1-7H3,(H,26,30)(H2,27,28,29,31,32). The van der Waals surface area contributed by atoms with E-state index in [1.165, 1.54) is 25.7 Å². The second kappa shape index (κ2) is 16.3. The Morgan fingerprint density at radius 2 is 1.38 bits per heavy atom. The highest BCUT2D eigenvalue weighted by Crippen LogP contribution is 2.09. The van der Waals surface area contributed by atoms with E-state index in [2.05, 4.69) is 27.9 Å². The topological polar surface area (TPSA) is 144 Å². The first-order chi connectivity index (χ1) is 15.7. The lowest BCUT2D eigenvalue weighted by molar-refractivity contribution is -0.122. The Balaban J connectivity index is 4.54. The first-order valence-corrected chi connectivity index (χ1v) is 12.3. The van der Waals surface area contributed by atoms with E-state index in [1.54, 1.807) is 41.5 Å². The summed E-state index contributed by atoms with van der Waals surface area (Å²) in [7, 11) is 0. The number of nitrogens with one attached hydrogen (secondary N) is 3. The van der Waals surface area contributed by atoms with E-state index >= 15 is 0 Å². The fourth-order valence-electron chi connectivity index (χ4n) is 2.80. The van der Waals surface area contributed by atoms with E-state index in [0.717, 1.165) is 12.8 Å². The van der Waals surface area contributed by atoms with Crippen LogP contribution in [0.5, 0.6) is 0 Å². The van der Waals surface area contributed by atoms with Gasteiger partial charge in [-0.3, -0.25) is 10.1 Å². The molecule has 0 rings (SSSR count). The van der Waals surface area contributed by atoms with Gasteiger partial charge in [0.1, 0.15) is 11.2 Å². The van der Waals surface area contributed by atoms with Crippen LogP contribution in [0.2, 0.25) is 0 Å². The van der Waals surface area contributed by atoms with Gasteiger partial charge in [0, 0.05) is 13.1 Å². The van der Waals surface area contributed by atoms with Crippen molar-refractivity contribution in [1.29, 1.82) is 0 Å². The van der Waals surface area contributed by atoms with Crippen LogP contribution in [0.3, 0.4) is 0 Å². The summed E-state index contributed by atoms with van der Waals surface area (Å²) in [6.45, 7) is 13.5. The summed E-state index contributed by atoms with van der Waals surface area (Å²) in [5.74, 6) is -0.271. The Bertz CT molecular complexity index is 653. The van der Waals surface area contributed by atoms with Gasteiger partial charge in [-0.15, -0.1) is 4.99 Å². The number of unbranched alkanes of at least 4 members (excludes halogenated alkanes) is 5. The minimum Gasteiger partial charge on any atom is -0.444 e. The van der Waals surface area contributed by atoms with Gasteiger partial charge in [0.05, 0.1) is 6.04 Å². The van der Waals surface area contributed by atoms with Crippen LogP contribution in [-0.4, -0.2) is 54.4 Å². The first kappa shape index (κ1) is 31.6. The fourth-order valence-corrected chi connectivity index (χ4v) is 2.80. The van der Waals surface area contributed by atoms with Gasteiger partial charge >= 0.3 is 12.2 Å². The molecule has 0 bridgehead atoms. The molecule has 0 spiro atoms. The molecule has 10 nitrogen and oxygen atoms in total. The van der Waals surface area contributed by atoms with Crippen molar-refractivity contribution in [3.05, 3.63) is 0 Å². The third kappa shape index (κ3) is 19.1. The SMILES string of the molecule is CCCCCCCCNC(=O)C(N)CCCNC(=NC(=O)OC(C)(C)C)NC(=O)OC(C)(C)C. The van der Waals surface area contributed by atoms with Crippen LogP contribution in [0, 0.1) is 0 Å². The maximum Gasteiger partial charge on any atom is 0.437 e. The number of rotatable bonds is 12. The second-order valence-electron chi connectivity index (χ2n) is 10.3. The highest BCUT2D eigenvalue weighted by Gasteiger charge is 2.20. The van der Waals surface area contributed by atoms with Crippen molar-refractivity contribution in [1.82, 2.24) is 16.0 Å². The minimum atomic E-state index is -0.850. The van der Waals surface area contributed by atoms with E-state index in [4.69, 9.17) is 15.2 Å². The summed E-state index contributed by atoms with van der Waals surface area (Å²) in [4.78, 5) is 40.1. The van der Waals surface area contributed by atoms with Crippen LogP contribution in [0.15, 0.2) is 4.99 Å². The molecular formula is C24H47N5O5. The molecule has 0 heterocycles. The largest absolute Gasteiger partial charge is 0.444 e.